The Morgan fingerprint density at radius 2 is 2.03 bits per heavy atom. The van der Waals surface area contributed by atoms with Gasteiger partial charge in [0.25, 0.3) is 0 Å². The molecule has 0 unspecified atom stereocenters. The molecule has 170 valence electrons. The zero-order valence-corrected chi connectivity index (χ0v) is 17.1. The van der Waals surface area contributed by atoms with Gasteiger partial charge in [-0.25, -0.2) is 9.48 Å². The third-order valence-corrected chi connectivity index (χ3v) is 4.86. The molecule has 2 heterocycles. The van der Waals surface area contributed by atoms with Crippen LogP contribution in [0.1, 0.15) is 35.8 Å². The Labute approximate surface area is 178 Å². The van der Waals surface area contributed by atoms with E-state index in [9.17, 15) is 25.2 Å². The number of hydrogen-bond donors (Lipinski definition) is 4. The molecule has 1 saturated heterocycles. The lowest BCUT2D eigenvalue weighted by Crippen LogP contribution is -2.59. The summed E-state index contributed by atoms with van der Waals surface area (Å²) < 4.78 is 17.4. The van der Waals surface area contributed by atoms with Gasteiger partial charge in [0, 0.05) is 0 Å². The molecule has 1 aliphatic rings. The van der Waals surface area contributed by atoms with Crippen LogP contribution in [0.4, 0.5) is 0 Å². The Hall–Kier alpha value is -2.41. The van der Waals surface area contributed by atoms with Crippen LogP contribution < -0.4 is 0 Å². The predicted molar refractivity (Wildman–Crippen MR) is 105 cm³/mol. The molecule has 1 aromatic carbocycles. The molecule has 0 spiro atoms. The molecule has 11 heteroatoms. The number of rotatable bonds is 9. The maximum absolute atomic E-state index is 12.1. The van der Waals surface area contributed by atoms with Gasteiger partial charge < -0.3 is 34.6 Å². The standard InChI is InChI=1S/C20H27N3O8/c1-2-3-7-29-19(28)12-5-4-6-14(8-12)23-9-13(21-22-23)11-30-20-18(27)17(26)16(25)15(10-24)31-20/h4-6,8-9,15-18,20,24-27H,2-3,7,10-11H2,1H3/t15-,16-,17+,18+,20+/m1/s1. The summed E-state index contributed by atoms with van der Waals surface area (Å²) in [4.78, 5) is 12.1. The normalized spacial score (nSPS) is 26.0. The Morgan fingerprint density at radius 3 is 2.77 bits per heavy atom. The van der Waals surface area contributed by atoms with Crippen LogP contribution in [0.15, 0.2) is 30.5 Å². The molecule has 1 aromatic heterocycles. The van der Waals surface area contributed by atoms with Gasteiger partial charge in [-0.15, -0.1) is 5.10 Å². The van der Waals surface area contributed by atoms with Gasteiger partial charge in [-0.05, 0) is 24.6 Å². The fourth-order valence-corrected chi connectivity index (χ4v) is 3.03. The van der Waals surface area contributed by atoms with Crippen molar-refractivity contribution in [2.45, 2.75) is 57.1 Å². The van der Waals surface area contributed by atoms with Crippen LogP contribution in [0.5, 0.6) is 0 Å². The first-order valence-corrected chi connectivity index (χ1v) is 10.1. The molecule has 0 bridgehead atoms. The van der Waals surface area contributed by atoms with E-state index in [0.29, 0.717) is 23.6 Å². The number of aliphatic hydroxyl groups is 4. The first-order chi connectivity index (χ1) is 14.9. The molecule has 0 radical (unpaired) electrons. The molecule has 11 nitrogen and oxygen atoms in total. The summed E-state index contributed by atoms with van der Waals surface area (Å²) in [5.41, 5.74) is 1.38. The monoisotopic (exact) mass is 437 g/mol. The van der Waals surface area contributed by atoms with E-state index in [0.717, 1.165) is 12.8 Å². The number of esters is 1. The highest BCUT2D eigenvalue weighted by Gasteiger charge is 2.44. The molecular formula is C20H27N3O8. The van der Waals surface area contributed by atoms with Gasteiger partial charge in [-0.3, -0.25) is 0 Å². The molecule has 2 aromatic rings. The van der Waals surface area contributed by atoms with Crippen LogP contribution in [0.25, 0.3) is 5.69 Å². The van der Waals surface area contributed by atoms with Crippen molar-refractivity contribution in [1.29, 1.82) is 0 Å². The van der Waals surface area contributed by atoms with E-state index in [2.05, 4.69) is 10.3 Å². The molecule has 1 fully saturated rings. The molecule has 1 aliphatic heterocycles. The fraction of sp³-hybridized carbons (Fsp3) is 0.550. The number of ether oxygens (including phenoxy) is 3. The Bertz CT molecular complexity index is 858. The molecule has 3 rings (SSSR count). The number of aromatic nitrogens is 3. The molecule has 0 aliphatic carbocycles. The SMILES string of the molecule is CCCCOC(=O)c1cccc(-n2cc(CO[C@H]3O[C@H](CO)[C@@H](O)[C@H](O)[C@@H]3O)nn2)c1. The number of aliphatic hydroxyl groups excluding tert-OH is 4. The molecule has 0 saturated carbocycles. The van der Waals surface area contributed by atoms with Crippen LogP contribution in [0.3, 0.4) is 0 Å². The molecular weight excluding hydrogens is 410 g/mol. The molecule has 31 heavy (non-hydrogen) atoms. The Kier molecular flexibility index (Phi) is 8.07. The van der Waals surface area contributed by atoms with Gasteiger partial charge in [0.1, 0.15) is 30.1 Å². The number of benzene rings is 1. The lowest BCUT2D eigenvalue weighted by Gasteiger charge is -2.39. The number of unbranched alkanes of at least 4 members (excludes halogenated alkanes) is 1. The van der Waals surface area contributed by atoms with E-state index in [4.69, 9.17) is 14.2 Å². The summed E-state index contributed by atoms with van der Waals surface area (Å²) in [6.45, 7) is 1.72. The minimum Gasteiger partial charge on any atom is -0.462 e. The average molecular weight is 437 g/mol. The van der Waals surface area contributed by atoms with Crippen molar-refractivity contribution in [3.63, 3.8) is 0 Å². The predicted octanol–water partition coefficient (Wildman–Crippen LogP) is -0.459. The number of hydrogen-bond acceptors (Lipinski definition) is 10. The van der Waals surface area contributed by atoms with Gasteiger partial charge in [0.15, 0.2) is 6.29 Å². The second-order valence-corrected chi connectivity index (χ2v) is 7.20. The van der Waals surface area contributed by atoms with Gasteiger partial charge >= 0.3 is 5.97 Å². The van der Waals surface area contributed by atoms with Crippen molar-refractivity contribution in [2.75, 3.05) is 13.2 Å². The zero-order chi connectivity index (χ0) is 22.4. The quantitative estimate of drug-likeness (QED) is 0.299. The second-order valence-electron chi connectivity index (χ2n) is 7.20. The zero-order valence-electron chi connectivity index (χ0n) is 17.1. The Balaban J connectivity index is 1.62. The fourth-order valence-electron chi connectivity index (χ4n) is 3.03. The highest BCUT2D eigenvalue weighted by atomic mass is 16.7. The first kappa shape index (κ1) is 23.3. The lowest BCUT2D eigenvalue weighted by molar-refractivity contribution is -0.304. The van der Waals surface area contributed by atoms with Gasteiger partial charge in [0.2, 0.25) is 0 Å². The van der Waals surface area contributed by atoms with Crippen LogP contribution in [0.2, 0.25) is 0 Å². The van der Waals surface area contributed by atoms with E-state index in [1.807, 2.05) is 6.92 Å². The number of carbonyl (C=O) groups excluding carboxylic acids is 1. The summed E-state index contributed by atoms with van der Waals surface area (Å²) in [5.74, 6) is -0.415. The summed E-state index contributed by atoms with van der Waals surface area (Å²) in [5, 5.41) is 46.9. The highest BCUT2D eigenvalue weighted by molar-refractivity contribution is 5.90. The average Bonchev–Trinajstić information content (AvgIpc) is 3.26. The van der Waals surface area contributed by atoms with Crippen molar-refractivity contribution in [1.82, 2.24) is 15.0 Å². The minimum absolute atomic E-state index is 0.110. The number of carbonyl (C=O) groups is 1. The van der Waals surface area contributed by atoms with E-state index >= 15 is 0 Å². The smallest absolute Gasteiger partial charge is 0.338 e. The molecule has 0 amide bonds. The highest BCUT2D eigenvalue weighted by Crippen LogP contribution is 2.22. The van der Waals surface area contributed by atoms with E-state index in [1.165, 1.54) is 4.68 Å². The maximum atomic E-state index is 12.1. The lowest BCUT2D eigenvalue weighted by atomic mass is 9.99. The summed E-state index contributed by atoms with van der Waals surface area (Å²) in [6.07, 6.45) is -3.49. The summed E-state index contributed by atoms with van der Waals surface area (Å²) in [6, 6.07) is 6.74. The van der Waals surface area contributed by atoms with Crippen LogP contribution in [0, 0.1) is 0 Å². The van der Waals surface area contributed by atoms with E-state index in [-0.39, 0.29) is 6.61 Å². The second kappa shape index (κ2) is 10.8. The van der Waals surface area contributed by atoms with Crippen molar-refractivity contribution in [3.05, 3.63) is 41.7 Å². The van der Waals surface area contributed by atoms with Crippen molar-refractivity contribution < 1.29 is 39.4 Å². The summed E-state index contributed by atoms with van der Waals surface area (Å²) in [7, 11) is 0. The van der Waals surface area contributed by atoms with Crippen molar-refractivity contribution in [2.24, 2.45) is 0 Å². The minimum atomic E-state index is -1.52. The van der Waals surface area contributed by atoms with E-state index < -0.39 is 43.3 Å². The first-order valence-electron chi connectivity index (χ1n) is 10.1. The van der Waals surface area contributed by atoms with Crippen LogP contribution in [-0.4, -0.2) is 85.3 Å². The topological polar surface area (TPSA) is 156 Å². The molecule has 4 N–H and O–H groups in total. The molecule has 5 atom stereocenters. The van der Waals surface area contributed by atoms with Gasteiger partial charge in [-0.2, -0.15) is 0 Å². The Morgan fingerprint density at radius 1 is 1.23 bits per heavy atom. The van der Waals surface area contributed by atoms with E-state index in [1.54, 1.807) is 30.5 Å². The van der Waals surface area contributed by atoms with Crippen LogP contribution >= 0.6 is 0 Å². The largest absolute Gasteiger partial charge is 0.462 e. The van der Waals surface area contributed by atoms with Crippen molar-refractivity contribution in [3.8, 4) is 5.69 Å². The maximum Gasteiger partial charge on any atom is 0.338 e. The van der Waals surface area contributed by atoms with Crippen LogP contribution in [-0.2, 0) is 20.8 Å². The van der Waals surface area contributed by atoms with Gasteiger partial charge in [-0.1, -0.05) is 24.6 Å². The van der Waals surface area contributed by atoms with Crippen molar-refractivity contribution >= 4 is 5.97 Å². The number of nitrogens with zero attached hydrogens (tertiary/aromatic N) is 3. The van der Waals surface area contributed by atoms with Gasteiger partial charge in [0.05, 0.1) is 37.3 Å². The third kappa shape index (κ3) is 5.64. The summed E-state index contributed by atoms with van der Waals surface area (Å²) >= 11 is 0. The third-order valence-electron chi connectivity index (χ3n) is 4.86.